The van der Waals surface area contributed by atoms with Gasteiger partial charge < -0.3 is 9.30 Å². The Hall–Kier alpha value is -3.19. The highest BCUT2D eigenvalue weighted by Crippen LogP contribution is 2.23. The Morgan fingerprint density at radius 1 is 1.10 bits per heavy atom. The van der Waals surface area contributed by atoms with Gasteiger partial charge >= 0.3 is 0 Å². The van der Waals surface area contributed by atoms with E-state index >= 15 is 0 Å². The molecule has 0 unspecified atom stereocenters. The maximum atomic E-state index is 13.3. The molecular weight excluding hydrogens is 456 g/mol. The largest absolute Gasteiger partial charge is 0.497 e. The fourth-order valence-electron chi connectivity index (χ4n) is 3.34. The van der Waals surface area contributed by atoms with Crippen LogP contribution < -0.4 is 10.3 Å². The molecule has 2 aromatic heterocycles. The number of hydrogen-bond donors (Lipinski definition) is 0. The second-order valence-corrected chi connectivity index (χ2v) is 9.13. The van der Waals surface area contributed by atoms with Gasteiger partial charge in [0.25, 0.3) is 5.56 Å². The minimum absolute atomic E-state index is 0.199. The Morgan fingerprint density at radius 2 is 1.84 bits per heavy atom. The molecule has 0 bridgehead atoms. The van der Waals surface area contributed by atoms with Crippen molar-refractivity contribution in [1.29, 1.82) is 0 Å². The van der Waals surface area contributed by atoms with Gasteiger partial charge in [-0.25, -0.2) is 4.98 Å². The first-order valence-electron chi connectivity index (χ1n) is 9.87. The highest BCUT2D eigenvalue weighted by atomic mass is 79.9. The number of halogens is 1. The molecule has 2 heterocycles. The second-order valence-electron chi connectivity index (χ2n) is 8.21. The third-order valence-corrected chi connectivity index (χ3v) is 5.41. The van der Waals surface area contributed by atoms with Crippen molar-refractivity contribution in [3.63, 3.8) is 0 Å². The third kappa shape index (κ3) is 4.18. The highest BCUT2D eigenvalue weighted by molar-refractivity contribution is 9.10. The Balaban J connectivity index is 1.83. The van der Waals surface area contributed by atoms with E-state index in [1.165, 1.54) is 4.68 Å². The topological polar surface area (TPSA) is 61.4 Å². The van der Waals surface area contributed by atoms with Crippen LogP contribution in [0.5, 0.6) is 5.75 Å². The van der Waals surface area contributed by atoms with Gasteiger partial charge in [0, 0.05) is 21.8 Å². The number of fused-ring (bicyclic) bond motifs is 1. The number of nitrogens with zero attached hydrogens (tertiary/aromatic N) is 4. The summed E-state index contributed by atoms with van der Waals surface area (Å²) < 4.78 is 9.46. The van der Waals surface area contributed by atoms with Gasteiger partial charge in [-0.15, -0.1) is 0 Å². The van der Waals surface area contributed by atoms with Crippen molar-refractivity contribution in [2.45, 2.75) is 26.2 Å². The first-order valence-corrected chi connectivity index (χ1v) is 10.7. The summed E-state index contributed by atoms with van der Waals surface area (Å²) in [7, 11) is 1.64. The molecule has 0 saturated carbocycles. The molecule has 4 aromatic rings. The van der Waals surface area contributed by atoms with Crippen molar-refractivity contribution in [2.75, 3.05) is 7.11 Å². The lowest BCUT2D eigenvalue weighted by molar-refractivity contribution is 0.415. The van der Waals surface area contributed by atoms with Crippen LogP contribution in [0.4, 0.5) is 0 Å². The fourth-order valence-corrected chi connectivity index (χ4v) is 3.70. The average molecular weight is 479 g/mol. The molecule has 4 rings (SSSR count). The molecule has 0 N–H and O–H groups in total. The van der Waals surface area contributed by atoms with Crippen molar-refractivity contribution >= 4 is 33.0 Å². The number of ether oxygens (including phenoxy) is 1. The SMILES string of the molecule is COc1ccc(-n2cccc2C=Nn2c(C(C)(C)C)nc3ccc(Br)cc3c2=O)cc1. The van der Waals surface area contributed by atoms with Crippen LogP contribution in [0.15, 0.2) is 75.2 Å². The zero-order chi connectivity index (χ0) is 22.2. The number of hydrogen-bond acceptors (Lipinski definition) is 4. The molecule has 31 heavy (non-hydrogen) atoms. The third-order valence-electron chi connectivity index (χ3n) is 4.92. The first kappa shape index (κ1) is 21.1. The van der Waals surface area contributed by atoms with Crippen molar-refractivity contribution in [3.05, 3.63) is 87.1 Å². The van der Waals surface area contributed by atoms with Crippen LogP contribution in [-0.4, -0.2) is 27.6 Å². The highest BCUT2D eigenvalue weighted by Gasteiger charge is 2.23. The van der Waals surface area contributed by atoms with E-state index in [1.807, 2.05) is 80.1 Å². The number of rotatable bonds is 4. The lowest BCUT2D eigenvalue weighted by Gasteiger charge is -2.21. The number of benzene rings is 2. The quantitative estimate of drug-likeness (QED) is 0.381. The van der Waals surface area contributed by atoms with Crippen molar-refractivity contribution in [2.24, 2.45) is 5.10 Å². The molecule has 6 nitrogen and oxygen atoms in total. The van der Waals surface area contributed by atoms with Crippen LogP contribution in [0.25, 0.3) is 16.6 Å². The smallest absolute Gasteiger partial charge is 0.282 e. The van der Waals surface area contributed by atoms with Crippen molar-refractivity contribution in [1.82, 2.24) is 14.2 Å². The molecule has 0 aliphatic heterocycles. The van der Waals surface area contributed by atoms with E-state index in [0.717, 1.165) is 21.6 Å². The summed E-state index contributed by atoms with van der Waals surface area (Å²) in [6, 6.07) is 17.2. The number of methoxy groups -OCH3 is 1. The Bertz CT molecular complexity index is 1330. The van der Waals surface area contributed by atoms with Crippen LogP contribution >= 0.6 is 15.9 Å². The van der Waals surface area contributed by atoms with Crippen LogP contribution in [0.1, 0.15) is 32.3 Å². The predicted molar refractivity (Wildman–Crippen MR) is 128 cm³/mol. The minimum atomic E-state index is -0.365. The van der Waals surface area contributed by atoms with E-state index in [9.17, 15) is 4.79 Å². The molecule has 0 spiro atoms. The van der Waals surface area contributed by atoms with Crippen LogP contribution in [0.3, 0.4) is 0 Å². The fraction of sp³-hybridized carbons (Fsp3) is 0.208. The summed E-state index contributed by atoms with van der Waals surface area (Å²) in [5.41, 5.74) is 1.90. The monoisotopic (exact) mass is 478 g/mol. The molecule has 0 amide bonds. The second kappa shape index (κ2) is 8.15. The van der Waals surface area contributed by atoms with E-state index in [2.05, 4.69) is 21.0 Å². The predicted octanol–water partition coefficient (Wildman–Crippen LogP) is 5.14. The molecule has 0 fully saturated rings. The van der Waals surface area contributed by atoms with Gasteiger partial charge in [-0.2, -0.15) is 9.78 Å². The first-order chi connectivity index (χ1) is 14.8. The molecule has 0 radical (unpaired) electrons. The van der Waals surface area contributed by atoms with Gasteiger partial charge in [0.15, 0.2) is 0 Å². The van der Waals surface area contributed by atoms with Crippen LogP contribution in [0, 0.1) is 0 Å². The van der Waals surface area contributed by atoms with Gasteiger partial charge in [-0.05, 0) is 54.6 Å². The van der Waals surface area contributed by atoms with Gasteiger partial charge in [0.2, 0.25) is 0 Å². The lowest BCUT2D eigenvalue weighted by atomic mass is 9.95. The van der Waals surface area contributed by atoms with E-state index in [1.54, 1.807) is 19.4 Å². The summed E-state index contributed by atoms with van der Waals surface area (Å²) in [4.78, 5) is 18.1. The summed E-state index contributed by atoms with van der Waals surface area (Å²) in [5.74, 6) is 1.40. The Morgan fingerprint density at radius 3 is 2.52 bits per heavy atom. The van der Waals surface area contributed by atoms with E-state index in [0.29, 0.717) is 16.7 Å². The molecule has 0 aliphatic carbocycles. The van der Waals surface area contributed by atoms with E-state index in [4.69, 9.17) is 9.72 Å². The van der Waals surface area contributed by atoms with Crippen LogP contribution in [-0.2, 0) is 5.41 Å². The maximum absolute atomic E-state index is 13.3. The van der Waals surface area contributed by atoms with Gasteiger partial charge in [0.05, 0.1) is 29.9 Å². The van der Waals surface area contributed by atoms with Crippen molar-refractivity contribution < 1.29 is 4.74 Å². The lowest BCUT2D eigenvalue weighted by Crippen LogP contribution is -2.29. The summed E-state index contributed by atoms with van der Waals surface area (Å²) in [5, 5.41) is 5.09. The molecule has 158 valence electrons. The van der Waals surface area contributed by atoms with Gasteiger partial charge in [-0.1, -0.05) is 36.7 Å². The number of aromatic nitrogens is 3. The molecular formula is C24H23BrN4O2. The Kier molecular flexibility index (Phi) is 5.54. The molecule has 0 aliphatic rings. The molecule has 0 atom stereocenters. The standard InChI is InChI=1S/C24H23BrN4O2/c1-24(2,3)23-27-21-12-7-16(25)14-20(21)22(30)29(23)26-15-18-6-5-13-28(18)17-8-10-19(31-4)11-9-17/h5-15H,1-4H3. The zero-order valence-corrected chi connectivity index (χ0v) is 19.4. The van der Waals surface area contributed by atoms with E-state index in [-0.39, 0.29) is 11.0 Å². The van der Waals surface area contributed by atoms with Gasteiger partial charge in [0.1, 0.15) is 11.6 Å². The zero-order valence-electron chi connectivity index (χ0n) is 17.8. The average Bonchev–Trinajstić information content (AvgIpc) is 3.21. The van der Waals surface area contributed by atoms with Gasteiger partial charge in [-0.3, -0.25) is 4.79 Å². The summed E-state index contributed by atoms with van der Waals surface area (Å²) in [6.07, 6.45) is 3.64. The normalized spacial score (nSPS) is 12.0. The maximum Gasteiger partial charge on any atom is 0.282 e. The Labute approximate surface area is 188 Å². The summed E-state index contributed by atoms with van der Waals surface area (Å²) in [6.45, 7) is 6.06. The summed E-state index contributed by atoms with van der Waals surface area (Å²) >= 11 is 3.44. The van der Waals surface area contributed by atoms with Crippen molar-refractivity contribution in [3.8, 4) is 11.4 Å². The van der Waals surface area contributed by atoms with E-state index < -0.39 is 0 Å². The molecule has 7 heteroatoms. The van der Waals surface area contributed by atoms with Crippen LogP contribution in [0.2, 0.25) is 0 Å². The molecule has 2 aromatic carbocycles. The molecule has 0 saturated heterocycles. The minimum Gasteiger partial charge on any atom is -0.497 e.